The summed E-state index contributed by atoms with van der Waals surface area (Å²) in [5.74, 6) is 0.0517. The molecule has 0 radical (unpaired) electrons. The first-order valence-corrected chi connectivity index (χ1v) is 7.03. The molecule has 114 valence electrons. The third kappa shape index (κ3) is 7.79. The van der Waals surface area contributed by atoms with Gasteiger partial charge in [0.05, 0.1) is 0 Å². The van der Waals surface area contributed by atoms with Crippen molar-refractivity contribution < 1.29 is 14.6 Å². The molecule has 4 heteroatoms. The van der Waals surface area contributed by atoms with Gasteiger partial charge in [-0.3, -0.25) is 4.79 Å². The molecule has 0 amide bonds. The number of rotatable bonds is 11. The maximum absolute atomic E-state index is 10.3. The summed E-state index contributed by atoms with van der Waals surface area (Å²) in [4.78, 5) is 10.3. The highest BCUT2D eigenvalue weighted by atomic mass is 16.5. The topological polar surface area (TPSA) is 72.6 Å². The van der Waals surface area contributed by atoms with Gasteiger partial charge in [-0.1, -0.05) is 44.2 Å². The zero-order valence-electron chi connectivity index (χ0n) is 12.5. The normalized spacial score (nSPS) is 16.1. The average Bonchev–Trinajstić information content (AvgIpc) is 2.43. The van der Waals surface area contributed by atoms with Crippen molar-refractivity contribution in [1.82, 2.24) is 0 Å². The molecule has 0 aliphatic rings. The molecule has 0 aliphatic carbocycles. The van der Waals surface area contributed by atoms with Crippen LogP contribution in [-0.4, -0.2) is 24.3 Å². The van der Waals surface area contributed by atoms with Crippen LogP contribution in [-0.2, 0) is 9.53 Å². The monoisotopic (exact) mass is 281 g/mol. The van der Waals surface area contributed by atoms with Gasteiger partial charge in [0.15, 0.2) is 0 Å². The van der Waals surface area contributed by atoms with Gasteiger partial charge in [-0.2, -0.15) is 0 Å². The van der Waals surface area contributed by atoms with Crippen molar-refractivity contribution >= 4 is 6.47 Å². The number of allylic oxidation sites excluding steroid dienone is 3. The second-order valence-corrected chi connectivity index (χ2v) is 4.85. The number of carbonyl (C=O) groups excluding carboxylic acids is 1. The lowest BCUT2D eigenvalue weighted by Crippen LogP contribution is -2.28. The molecule has 20 heavy (non-hydrogen) atoms. The second-order valence-electron chi connectivity index (χ2n) is 4.85. The summed E-state index contributed by atoms with van der Waals surface area (Å²) in [5.41, 5.74) is 5.70. The van der Waals surface area contributed by atoms with Gasteiger partial charge in [0.25, 0.3) is 6.47 Å². The van der Waals surface area contributed by atoms with Crippen LogP contribution in [0.3, 0.4) is 0 Å². The number of hydrogen-bond donors (Lipinski definition) is 2. The van der Waals surface area contributed by atoms with Crippen molar-refractivity contribution in [2.75, 3.05) is 6.61 Å². The largest absolute Gasteiger partial charge is 0.467 e. The molecule has 0 saturated heterocycles. The van der Waals surface area contributed by atoms with Gasteiger partial charge >= 0.3 is 0 Å². The summed E-state index contributed by atoms with van der Waals surface area (Å²) >= 11 is 0. The Bertz CT molecular complexity index is 337. The highest BCUT2D eigenvalue weighted by molar-refractivity contribution is 5.37. The molecule has 0 spiro atoms. The van der Waals surface area contributed by atoms with E-state index in [1.807, 2.05) is 19.1 Å². The van der Waals surface area contributed by atoms with Crippen LogP contribution in [0.15, 0.2) is 36.6 Å². The molecule has 0 rings (SSSR count). The second kappa shape index (κ2) is 11.3. The van der Waals surface area contributed by atoms with Gasteiger partial charge in [0, 0.05) is 11.6 Å². The molecule has 0 saturated carbocycles. The Morgan fingerprint density at radius 2 is 2.15 bits per heavy atom. The van der Waals surface area contributed by atoms with Crippen molar-refractivity contribution in [3.63, 3.8) is 0 Å². The Kier molecular flexibility index (Phi) is 10.4. The van der Waals surface area contributed by atoms with Gasteiger partial charge < -0.3 is 15.6 Å². The van der Waals surface area contributed by atoms with Crippen molar-refractivity contribution in [3.05, 3.63) is 36.6 Å². The van der Waals surface area contributed by atoms with Gasteiger partial charge in [0.1, 0.15) is 12.7 Å². The van der Waals surface area contributed by atoms with Crippen molar-refractivity contribution in [2.24, 2.45) is 17.6 Å². The third-order valence-corrected chi connectivity index (χ3v) is 3.11. The molecule has 0 aromatic heterocycles. The zero-order valence-corrected chi connectivity index (χ0v) is 12.5. The van der Waals surface area contributed by atoms with Gasteiger partial charge in [0.2, 0.25) is 0 Å². The highest BCUT2D eigenvalue weighted by Crippen LogP contribution is 2.17. The first-order chi connectivity index (χ1) is 9.56. The third-order valence-electron chi connectivity index (χ3n) is 3.11. The molecule has 3 unspecified atom stereocenters. The van der Waals surface area contributed by atoms with E-state index < -0.39 is 6.10 Å². The van der Waals surface area contributed by atoms with Crippen LogP contribution in [0, 0.1) is 11.8 Å². The average molecular weight is 281 g/mol. The maximum Gasteiger partial charge on any atom is 0.293 e. The molecule has 3 atom stereocenters. The fourth-order valence-electron chi connectivity index (χ4n) is 1.95. The molecule has 0 aliphatic heterocycles. The summed E-state index contributed by atoms with van der Waals surface area (Å²) in [5, 5.41) is 9.95. The Balaban J connectivity index is 4.74. The van der Waals surface area contributed by atoms with Crippen LogP contribution < -0.4 is 5.73 Å². The molecule has 4 nitrogen and oxygen atoms in total. The molecule has 0 aromatic rings. The lowest BCUT2D eigenvalue weighted by Gasteiger charge is -2.19. The SMILES string of the molecule is C=C(N)C(O)C(/C=C/C(C/C=C/C)CCC)COC=O. The first kappa shape index (κ1) is 18.4. The summed E-state index contributed by atoms with van der Waals surface area (Å²) in [6.07, 6.45) is 10.3. The maximum atomic E-state index is 10.3. The van der Waals surface area contributed by atoms with Crippen LogP contribution in [0.2, 0.25) is 0 Å². The standard InChI is InChI=1S/C16H27NO3/c1-4-6-8-14(7-5-2)9-10-15(11-20-12-18)16(19)13(3)17/h4,6,9-10,12,14-16,19H,3,5,7-8,11,17H2,1-2H3/b6-4+,10-9+. The van der Waals surface area contributed by atoms with E-state index in [1.54, 1.807) is 0 Å². The minimum absolute atomic E-state index is 0.0971. The van der Waals surface area contributed by atoms with Crippen LogP contribution >= 0.6 is 0 Å². The van der Waals surface area contributed by atoms with E-state index in [0.717, 1.165) is 19.3 Å². The Labute approximate surface area is 122 Å². The fraction of sp³-hybridized carbons (Fsp3) is 0.562. The number of carbonyl (C=O) groups is 1. The summed E-state index contributed by atoms with van der Waals surface area (Å²) < 4.78 is 4.74. The molecule has 0 bridgehead atoms. The van der Waals surface area contributed by atoms with Crippen LogP contribution in [0.5, 0.6) is 0 Å². The Morgan fingerprint density at radius 1 is 1.45 bits per heavy atom. The van der Waals surface area contributed by atoms with Crippen molar-refractivity contribution in [2.45, 2.75) is 39.2 Å². The molecular formula is C16H27NO3. The van der Waals surface area contributed by atoms with E-state index in [9.17, 15) is 9.90 Å². The highest BCUT2D eigenvalue weighted by Gasteiger charge is 2.18. The smallest absolute Gasteiger partial charge is 0.293 e. The van der Waals surface area contributed by atoms with Crippen molar-refractivity contribution in [1.29, 1.82) is 0 Å². The van der Waals surface area contributed by atoms with Crippen LogP contribution in [0.1, 0.15) is 33.1 Å². The number of nitrogens with two attached hydrogens (primary N) is 1. The number of aliphatic hydroxyl groups is 1. The van der Waals surface area contributed by atoms with Crippen LogP contribution in [0.25, 0.3) is 0 Å². The summed E-state index contributed by atoms with van der Waals surface area (Å²) in [6, 6.07) is 0. The predicted molar refractivity (Wildman–Crippen MR) is 81.8 cm³/mol. The quantitative estimate of drug-likeness (QED) is 0.451. The minimum atomic E-state index is -0.907. The van der Waals surface area contributed by atoms with Gasteiger partial charge in [-0.25, -0.2) is 0 Å². The minimum Gasteiger partial charge on any atom is -0.467 e. The molecule has 3 N–H and O–H groups in total. The fourth-order valence-corrected chi connectivity index (χ4v) is 1.95. The van der Waals surface area contributed by atoms with Gasteiger partial charge in [-0.15, -0.1) is 0 Å². The lowest BCUT2D eigenvalue weighted by atomic mass is 9.94. The molecule has 0 aromatic carbocycles. The zero-order chi connectivity index (χ0) is 15.4. The van der Waals surface area contributed by atoms with E-state index in [1.165, 1.54) is 0 Å². The molecule has 0 fully saturated rings. The van der Waals surface area contributed by atoms with E-state index >= 15 is 0 Å². The van der Waals surface area contributed by atoms with Gasteiger partial charge in [-0.05, 0) is 25.7 Å². The van der Waals surface area contributed by atoms with Crippen LogP contribution in [0.4, 0.5) is 0 Å². The van der Waals surface area contributed by atoms with E-state index in [-0.39, 0.29) is 18.2 Å². The molecular weight excluding hydrogens is 254 g/mol. The lowest BCUT2D eigenvalue weighted by molar-refractivity contribution is -0.130. The van der Waals surface area contributed by atoms with E-state index in [4.69, 9.17) is 10.5 Å². The van der Waals surface area contributed by atoms with E-state index in [2.05, 4.69) is 25.7 Å². The van der Waals surface area contributed by atoms with Crippen molar-refractivity contribution in [3.8, 4) is 0 Å². The predicted octanol–water partition coefficient (Wildman–Crippen LogP) is 2.55. The number of hydrogen-bond acceptors (Lipinski definition) is 4. The summed E-state index contributed by atoms with van der Waals surface area (Å²) in [6.45, 7) is 8.14. The molecule has 0 heterocycles. The first-order valence-electron chi connectivity index (χ1n) is 7.03. The Hall–Kier alpha value is -1.55. The Morgan fingerprint density at radius 3 is 2.65 bits per heavy atom. The number of aliphatic hydroxyl groups excluding tert-OH is 1. The summed E-state index contributed by atoms with van der Waals surface area (Å²) in [7, 11) is 0. The van der Waals surface area contributed by atoms with E-state index in [0.29, 0.717) is 12.4 Å². The number of ether oxygens (including phenoxy) is 1.